The lowest BCUT2D eigenvalue weighted by atomic mass is 10.1. The Morgan fingerprint density at radius 2 is 1.96 bits per heavy atom. The fraction of sp³-hybridized carbons (Fsp3) is 0.312. The molecule has 1 aliphatic heterocycles. The smallest absolute Gasteiger partial charge is 0.265 e. The predicted molar refractivity (Wildman–Crippen MR) is 88.0 cm³/mol. The summed E-state index contributed by atoms with van der Waals surface area (Å²) in [4.78, 5) is 12.5. The molecule has 0 spiro atoms. The normalized spacial score (nSPS) is 16.5. The SMILES string of the molecule is COCCNC(=O)[C@@H](C)N1c2cccc3cccc(c23)S1(=O)=O. The number of anilines is 1. The van der Waals surface area contributed by atoms with Crippen LogP contribution in [0.4, 0.5) is 5.69 Å². The fourth-order valence-corrected chi connectivity index (χ4v) is 4.73. The van der Waals surface area contributed by atoms with Crippen LogP contribution in [0.1, 0.15) is 6.92 Å². The standard InChI is InChI=1S/C16H18N2O4S/c1-11(16(19)17-9-10-22-2)18-13-7-3-5-12-6-4-8-14(15(12)13)23(18,20)21/h3-8,11H,9-10H2,1-2H3,(H,17,19)/t11-/m1/s1. The second-order valence-corrected chi connectivity index (χ2v) is 7.18. The van der Waals surface area contributed by atoms with Gasteiger partial charge in [0.2, 0.25) is 5.91 Å². The van der Waals surface area contributed by atoms with Gasteiger partial charge in [-0.25, -0.2) is 8.42 Å². The molecular weight excluding hydrogens is 316 g/mol. The zero-order valence-corrected chi connectivity index (χ0v) is 13.8. The third-order valence-corrected chi connectivity index (χ3v) is 5.88. The number of carbonyl (C=O) groups is 1. The van der Waals surface area contributed by atoms with Crippen molar-refractivity contribution in [3.63, 3.8) is 0 Å². The van der Waals surface area contributed by atoms with E-state index in [1.54, 1.807) is 31.2 Å². The molecule has 0 aliphatic carbocycles. The summed E-state index contributed by atoms with van der Waals surface area (Å²) < 4.78 is 31.8. The summed E-state index contributed by atoms with van der Waals surface area (Å²) in [6.07, 6.45) is 0. The molecule has 1 N–H and O–H groups in total. The van der Waals surface area contributed by atoms with Gasteiger partial charge in [-0.05, 0) is 24.4 Å². The Balaban J connectivity index is 2.02. The van der Waals surface area contributed by atoms with E-state index < -0.39 is 16.1 Å². The third kappa shape index (κ3) is 2.46. The van der Waals surface area contributed by atoms with Gasteiger partial charge in [0.05, 0.1) is 17.2 Å². The minimum atomic E-state index is -3.73. The second kappa shape index (κ2) is 5.82. The van der Waals surface area contributed by atoms with E-state index in [9.17, 15) is 13.2 Å². The van der Waals surface area contributed by atoms with E-state index in [-0.39, 0.29) is 10.8 Å². The van der Waals surface area contributed by atoms with Crippen LogP contribution in [0.5, 0.6) is 0 Å². The molecular formula is C16H18N2O4S. The highest BCUT2D eigenvalue weighted by Crippen LogP contribution is 2.42. The first-order valence-electron chi connectivity index (χ1n) is 7.31. The van der Waals surface area contributed by atoms with Gasteiger partial charge in [-0.3, -0.25) is 9.10 Å². The van der Waals surface area contributed by atoms with E-state index >= 15 is 0 Å². The molecule has 2 aromatic rings. The number of methoxy groups -OCH3 is 1. The predicted octanol–water partition coefficient (Wildman–Crippen LogP) is 1.50. The van der Waals surface area contributed by atoms with Crippen LogP contribution in [0, 0.1) is 0 Å². The summed E-state index contributed by atoms with van der Waals surface area (Å²) in [6, 6.07) is 9.72. The van der Waals surface area contributed by atoms with Gasteiger partial charge >= 0.3 is 0 Å². The van der Waals surface area contributed by atoms with Crippen molar-refractivity contribution in [1.29, 1.82) is 0 Å². The summed E-state index contributed by atoms with van der Waals surface area (Å²) in [7, 11) is -2.19. The van der Waals surface area contributed by atoms with Gasteiger partial charge < -0.3 is 10.1 Å². The average Bonchev–Trinajstić information content (AvgIpc) is 2.76. The van der Waals surface area contributed by atoms with Crippen LogP contribution in [0.2, 0.25) is 0 Å². The number of rotatable bonds is 5. The van der Waals surface area contributed by atoms with Crippen molar-refractivity contribution in [2.75, 3.05) is 24.6 Å². The van der Waals surface area contributed by atoms with Gasteiger partial charge in [-0.15, -0.1) is 0 Å². The molecule has 0 aromatic heterocycles. The Kier molecular flexibility index (Phi) is 3.99. The number of carbonyl (C=O) groups excluding carboxylic acids is 1. The largest absolute Gasteiger partial charge is 0.383 e. The third-order valence-electron chi connectivity index (χ3n) is 3.96. The molecule has 0 radical (unpaired) electrons. The molecule has 1 aliphatic rings. The topological polar surface area (TPSA) is 75.7 Å². The average molecular weight is 334 g/mol. The first kappa shape index (κ1) is 15.8. The molecule has 23 heavy (non-hydrogen) atoms. The molecule has 122 valence electrons. The van der Waals surface area contributed by atoms with Gasteiger partial charge in [-0.2, -0.15) is 0 Å². The summed E-state index contributed by atoms with van der Waals surface area (Å²) in [5.41, 5.74) is 0.549. The van der Waals surface area contributed by atoms with E-state index in [2.05, 4.69) is 5.32 Å². The number of sulfonamides is 1. The van der Waals surface area contributed by atoms with Crippen LogP contribution >= 0.6 is 0 Å². The molecule has 1 atom stereocenters. The molecule has 6 nitrogen and oxygen atoms in total. The van der Waals surface area contributed by atoms with Crippen LogP contribution in [0.25, 0.3) is 10.8 Å². The monoisotopic (exact) mass is 334 g/mol. The van der Waals surface area contributed by atoms with Crippen molar-refractivity contribution in [1.82, 2.24) is 5.32 Å². The number of nitrogens with zero attached hydrogens (tertiary/aromatic N) is 1. The number of ether oxygens (including phenoxy) is 1. The maximum absolute atomic E-state index is 12.9. The molecule has 0 saturated carbocycles. The van der Waals surface area contributed by atoms with Crippen molar-refractivity contribution in [3.05, 3.63) is 36.4 Å². The van der Waals surface area contributed by atoms with Crippen LogP contribution in [-0.2, 0) is 19.6 Å². The summed E-state index contributed by atoms with van der Waals surface area (Å²) in [5.74, 6) is -0.351. The van der Waals surface area contributed by atoms with E-state index in [0.29, 0.717) is 24.2 Å². The number of benzene rings is 2. The van der Waals surface area contributed by atoms with Crippen molar-refractivity contribution in [2.45, 2.75) is 17.9 Å². The van der Waals surface area contributed by atoms with E-state index in [1.807, 2.05) is 12.1 Å². The first-order valence-corrected chi connectivity index (χ1v) is 8.75. The Morgan fingerprint density at radius 1 is 1.26 bits per heavy atom. The van der Waals surface area contributed by atoms with Gasteiger partial charge in [0.15, 0.2) is 0 Å². The number of hydrogen-bond acceptors (Lipinski definition) is 4. The first-order chi connectivity index (χ1) is 11.0. The number of hydrogen-bond donors (Lipinski definition) is 1. The Hall–Kier alpha value is -2.12. The molecule has 1 heterocycles. The number of nitrogens with one attached hydrogen (secondary N) is 1. The molecule has 7 heteroatoms. The highest BCUT2D eigenvalue weighted by molar-refractivity contribution is 7.93. The zero-order chi connectivity index (χ0) is 16.6. The summed E-state index contributed by atoms with van der Waals surface area (Å²) in [5, 5.41) is 4.20. The van der Waals surface area contributed by atoms with E-state index in [0.717, 1.165) is 5.39 Å². The van der Waals surface area contributed by atoms with Crippen molar-refractivity contribution >= 4 is 32.4 Å². The lowest BCUT2D eigenvalue weighted by molar-refractivity contribution is -0.122. The molecule has 2 aromatic carbocycles. The van der Waals surface area contributed by atoms with Gasteiger partial charge in [0.1, 0.15) is 6.04 Å². The quantitative estimate of drug-likeness (QED) is 0.841. The van der Waals surface area contributed by atoms with Gasteiger partial charge in [0, 0.05) is 19.0 Å². The van der Waals surface area contributed by atoms with Crippen LogP contribution in [0.3, 0.4) is 0 Å². The molecule has 3 rings (SSSR count). The highest BCUT2D eigenvalue weighted by Gasteiger charge is 2.40. The summed E-state index contributed by atoms with van der Waals surface area (Å²) >= 11 is 0. The lowest BCUT2D eigenvalue weighted by Crippen LogP contribution is -2.47. The number of amides is 1. The molecule has 0 bridgehead atoms. The van der Waals surface area contributed by atoms with Crippen LogP contribution < -0.4 is 9.62 Å². The Labute approximate surface area is 135 Å². The van der Waals surface area contributed by atoms with Crippen LogP contribution in [-0.4, -0.2) is 40.6 Å². The Bertz CT molecular complexity index is 858. The van der Waals surface area contributed by atoms with Gasteiger partial charge in [-0.1, -0.05) is 24.3 Å². The van der Waals surface area contributed by atoms with E-state index in [4.69, 9.17) is 4.74 Å². The Morgan fingerprint density at radius 3 is 2.65 bits per heavy atom. The molecule has 0 unspecified atom stereocenters. The van der Waals surface area contributed by atoms with E-state index in [1.165, 1.54) is 11.4 Å². The lowest BCUT2D eigenvalue weighted by Gasteiger charge is -2.25. The zero-order valence-electron chi connectivity index (χ0n) is 12.9. The maximum Gasteiger partial charge on any atom is 0.265 e. The molecule has 0 fully saturated rings. The minimum Gasteiger partial charge on any atom is -0.383 e. The van der Waals surface area contributed by atoms with Gasteiger partial charge in [0.25, 0.3) is 10.0 Å². The maximum atomic E-state index is 12.9. The molecule has 1 amide bonds. The van der Waals surface area contributed by atoms with Crippen molar-refractivity contribution in [3.8, 4) is 0 Å². The fourth-order valence-electron chi connectivity index (χ4n) is 2.87. The summed E-state index contributed by atoms with van der Waals surface area (Å²) in [6.45, 7) is 2.30. The molecule has 0 saturated heterocycles. The van der Waals surface area contributed by atoms with Crippen molar-refractivity contribution in [2.24, 2.45) is 0 Å². The minimum absolute atomic E-state index is 0.252. The van der Waals surface area contributed by atoms with Crippen molar-refractivity contribution < 1.29 is 17.9 Å². The van der Waals surface area contributed by atoms with Crippen LogP contribution in [0.15, 0.2) is 41.3 Å². The highest BCUT2D eigenvalue weighted by atomic mass is 32.2. The second-order valence-electron chi connectivity index (χ2n) is 5.39.